The van der Waals surface area contributed by atoms with E-state index in [1.165, 1.54) is 0 Å². The SMILES string of the molecule is NCCCCN=NNC(=O)Cc1ccccc1. The summed E-state index contributed by atoms with van der Waals surface area (Å²) in [5.74, 6) is -0.154. The molecule has 0 fully saturated rings. The van der Waals surface area contributed by atoms with Crippen molar-refractivity contribution >= 4 is 5.91 Å². The number of nitrogens with two attached hydrogens (primary N) is 1. The van der Waals surface area contributed by atoms with E-state index in [-0.39, 0.29) is 5.91 Å². The number of hydrogen-bond acceptors (Lipinski definition) is 4. The van der Waals surface area contributed by atoms with Gasteiger partial charge in [-0.1, -0.05) is 35.6 Å². The predicted octanol–water partition coefficient (Wildman–Crippen LogP) is 1.45. The number of unbranched alkanes of at least 4 members (excludes halogenated alkanes) is 1. The molecule has 0 radical (unpaired) electrons. The molecule has 0 aromatic heterocycles. The molecule has 1 amide bonds. The molecule has 0 heterocycles. The molecule has 0 aliphatic heterocycles. The summed E-state index contributed by atoms with van der Waals surface area (Å²) in [4.78, 5) is 11.4. The molecule has 1 rings (SSSR count). The zero-order chi connectivity index (χ0) is 12.3. The second kappa shape index (κ2) is 8.41. The van der Waals surface area contributed by atoms with Crippen molar-refractivity contribution < 1.29 is 4.79 Å². The normalized spacial score (nSPS) is 10.6. The third-order valence-electron chi connectivity index (χ3n) is 2.17. The van der Waals surface area contributed by atoms with Crippen molar-refractivity contribution in [2.24, 2.45) is 16.1 Å². The molecule has 5 nitrogen and oxygen atoms in total. The lowest BCUT2D eigenvalue weighted by Crippen LogP contribution is -2.19. The van der Waals surface area contributed by atoms with Gasteiger partial charge in [-0.25, -0.2) is 5.43 Å². The number of carbonyl (C=O) groups is 1. The molecular formula is C12H18N4O. The van der Waals surface area contributed by atoms with Crippen molar-refractivity contribution in [1.82, 2.24) is 5.43 Å². The summed E-state index contributed by atoms with van der Waals surface area (Å²) in [5.41, 5.74) is 8.69. The van der Waals surface area contributed by atoms with Gasteiger partial charge >= 0.3 is 0 Å². The lowest BCUT2D eigenvalue weighted by atomic mass is 10.1. The first-order valence-electron chi connectivity index (χ1n) is 5.72. The van der Waals surface area contributed by atoms with Crippen molar-refractivity contribution in [2.45, 2.75) is 19.3 Å². The Balaban J connectivity index is 2.17. The Morgan fingerprint density at radius 3 is 2.71 bits per heavy atom. The minimum Gasteiger partial charge on any atom is -0.330 e. The quantitative estimate of drug-likeness (QED) is 0.425. The molecular weight excluding hydrogens is 216 g/mol. The summed E-state index contributed by atoms with van der Waals surface area (Å²) >= 11 is 0. The van der Waals surface area contributed by atoms with Gasteiger partial charge in [0.05, 0.1) is 13.0 Å². The Morgan fingerprint density at radius 2 is 2.00 bits per heavy atom. The van der Waals surface area contributed by atoms with Crippen LogP contribution in [0.2, 0.25) is 0 Å². The van der Waals surface area contributed by atoms with Crippen LogP contribution in [-0.2, 0) is 11.2 Å². The highest BCUT2D eigenvalue weighted by Gasteiger charge is 2.00. The highest BCUT2D eigenvalue weighted by molar-refractivity contribution is 5.78. The Morgan fingerprint density at radius 1 is 1.24 bits per heavy atom. The predicted molar refractivity (Wildman–Crippen MR) is 66.3 cm³/mol. The van der Waals surface area contributed by atoms with E-state index in [0.29, 0.717) is 19.5 Å². The molecule has 0 unspecified atom stereocenters. The first-order valence-corrected chi connectivity index (χ1v) is 5.72. The standard InChI is InChI=1S/C12H18N4O/c13-8-4-5-9-14-16-15-12(17)10-11-6-2-1-3-7-11/h1-3,6-7H,4-5,8-10,13H2,(H,14,15,17). The molecule has 92 valence electrons. The van der Waals surface area contributed by atoms with Crippen LogP contribution in [0.15, 0.2) is 40.7 Å². The molecule has 0 saturated carbocycles. The van der Waals surface area contributed by atoms with E-state index >= 15 is 0 Å². The summed E-state index contributed by atoms with van der Waals surface area (Å²) in [7, 11) is 0. The molecule has 0 aliphatic rings. The van der Waals surface area contributed by atoms with Gasteiger partial charge < -0.3 is 5.73 Å². The van der Waals surface area contributed by atoms with E-state index in [4.69, 9.17) is 5.73 Å². The lowest BCUT2D eigenvalue weighted by Gasteiger charge is -1.98. The van der Waals surface area contributed by atoms with Crippen LogP contribution in [0.3, 0.4) is 0 Å². The maximum atomic E-state index is 11.4. The van der Waals surface area contributed by atoms with Gasteiger partial charge in [0.25, 0.3) is 0 Å². The largest absolute Gasteiger partial charge is 0.330 e. The molecule has 3 N–H and O–H groups in total. The molecule has 1 aromatic rings. The van der Waals surface area contributed by atoms with Crippen molar-refractivity contribution in [1.29, 1.82) is 0 Å². The number of nitrogens with one attached hydrogen (secondary N) is 1. The smallest absolute Gasteiger partial charge is 0.245 e. The average Bonchev–Trinajstić information content (AvgIpc) is 2.35. The van der Waals surface area contributed by atoms with Crippen LogP contribution in [0.4, 0.5) is 0 Å². The van der Waals surface area contributed by atoms with Crippen LogP contribution in [0.1, 0.15) is 18.4 Å². The molecule has 17 heavy (non-hydrogen) atoms. The number of carbonyl (C=O) groups excluding carboxylic acids is 1. The van der Waals surface area contributed by atoms with Gasteiger partial charge in [0.1, 0.15) is 0 Å². The second-order valence-corrected chi connectivity index (χ2v) is 3.66. The molecule has 1 aromatic carbocycles. The minimum absolute atomic E-state index is 0.154. The third kappa shape index (κ3) is 6.42. The van der Waals surface area contributed by atoms with Crippen molar-refractivity contribution in [3.8, 4) is 0 Å². The Kier molecular flexibility index (Phi) is 6.59. The fourth-order valence-electron chi connectivity index (χ4n) is 1.29. The van der Waals surface area contributed by atoms with Crippen molar-refractivity contribution in [3.63, 3.8) is 0 Å². The number of nitrogens with zero attached hydrogens (tertiary/aromatic N) is 2. The summed E-state index contributed by atoms with van der Waals surface area (Å²) < 4.78 is 0. The summed E-state index contributed by atoms with van der Waals surface area (Å²) in [6.45, 7) is 1.26. The van der Waals surface area contributed by atoms with E-state index in [2.05, 4.69) is 15.8 Å². The van der Waals surface area contributed by atoms with E-state index < -0.39 is 0 Å². The number of benzene rings is 1. The molecule has 0 spiro atoms. The first-order chi connectivity index (χ1) is 8.33. The third-order valence-corrected chi connectivity index (χ3v) is 2.17. The van der Waals surface area contributed by atoms with Crippen LogP contribution in [0, 0.1) is 0 Å². The monoisotopic (exact) mass is 234 g/mol. The molecule has 0 saturated heterocycles. The van der Waals surface area contributed by atoms with Gasteiger partial charge in [-0.2, -0.15) is 5.11 Å². The van der Waals surface area contributed by atoms with E-state index in [1.807, 2.05) is 30.3 Å². The maximum absolute atomic E-state index is 11.4. The summed E-state index contributed by atoms with van der Waals surface area (Å²) in [6, 6.07) is 9.52. The van der Waals surface area contributed by atoms with Crippen LogP contribution in [0.5, 0.6) is 0 Å². The van der Waals surface area contributed by atoms with Crippen LogP contribution in [0.25, 0.3) is 0 Å². The Labute approximate surface area is 101 Å². The highest BCUT2D eigenvalue weighted by Crippen LogP contribution is 1.98. The number of hydrogen-bond donors (Lipinski definition) is 2. The first kappa shape index (κ1) is 13.3. The fraction of sp³-hybridized carbons (Fsp3) is 0.417. The van der Waals surface area contributed by atoms with E-state index in [9.17, 15) is 4.79 Å². The van der Waals surface area contributed by atoms with Gasteiger partial charge in [0.15, 0.2) is 0 Å². The minimum atomic E-state index is -0.154. The van der Waals surface area contributed by atoms with Crippen molar-refractivity contribution in [3.05, 3.63) is 35.9 Å². The zero-order valence-electron chi connectivity index (χ0n) is 9.80. The molecule has 5 heteroatoms. The van der Waals surface area contributed by atoms with Crippen LogP contribution < -0.4 is 11.2 Å². The van der Waals surface area contributed by atoms with E-state index in [1.54, 1.807) is 0 Å². The summed E-state index contributed by atoms with van der Waals surface area (Å²) in [6.07, 6.45) is 2.15. The highest BCUT2D eigenvalue weighted by atomic mass is 16.2. The molecule has 0 atom stereocenters. The fourth-order valence-corrected chi connectivity index (χ4v) is 1.29. The van der Waals surface area contributed by atoms with Crippen molar-refractivity contribution in [2.75, 3.05) is 13.1 Å². The topological polar surface area (TPSA) is 79.8 Å². The Hall–Kier alpha value is -1.75. The maximum Gasteiger partial charge on any atom is 0.245 e. The van der Waals surface area contributed by atoms with E-state index in [0.717, 1.165) is 18.4 Å². The van der Waals surface area contributed by atoms with Gasteiger partial charge in [-0.05, 0) is 24.9 Å². The van der Waals surface area contributed by atoms with Crippen LogP contribution >= 0.6 is 0 Å². The molecule has 0 bridgehead atoms. The van der Waals surface area contributed by atoms with Gasteiger partial charge in [-0.15, -0.1) is 0 Å². The molecule has 0 aliphatic carbocycles. The second-order valence-electron chi connectivity index (χ2n) is 3.66. The number of rotatable bonds is 7. The lowest BCUT2D eigenvalue weighted by molar-refractivity contribution is -0.120. The average molecular weight is 234 g/mol. The van der Waals surface area contributed by atoms with Gasteiger partial charge in [0.2, 0.25) is 5.91 Å². The van der Waals surface area contributed by atoms with Gasteiger partial charge in [0, 0.05) is 0 Å². The summed E-state index contributed by atoms with van der Waals surface area (Å²) in [5, 5.41) is 7.45. The number of amides is 1. The Bertz CT molecular complexity index is 351. The van der Waals surface area contributed by atoms with Gasteiger partial charge in [-0.3, -0.25) is 4.79 Å². The zero-order valence-corrected chi connectivity index (χ0v) is 9.80. The van der Waals surface area contributed by atoms with Crippen LogP contribution in [-0.4, -0.2) is 19.0 Å².